The van der Waals surface area contributed by atoms with E-state index >= 15 is 0 Å². The third-order valence-electron chi connectivity index (χ3n) is 4.76. The van der Waals surface area contributed by atoms with Crippen molar-refractivity contribution in [2.24, 2.45) is 4.99 Å². The maximum atomic E-state index is 12.3. The molecule has 0 saturated carbocycles. The number of nitro benzene ring substituents is 1. The van der Waals surface area contributed by atoms with E-state index in [0.717, 1.165) is 31.3 Å². The number of para-hydroxylation sites is 1. The number of hydrogen-bond acceptors (Lipinski definition) is 6. The summed E-state index contributed by atoms with van der Waals surface area (Å²) >= 11 is 1.34. The van der Waals surface area contributed by atoms with Gasteiger partial charge >= 0.3 is 0 Å². The fourth-order valence-electron chi connectivity index (χ4n) is 3.16. The number of piperazine rings is 1. The van der Waals surface area contributed by atoms with Gasteiger partial charge in [0.2, 0.25) is 0 Å². The highest BCUT2D eigenvalue weighted by Crippen LogP contribution is 2.34. The lowest BCUT2D eigenvalue weighted by Gasteiger charge is -2.30. The molecule has 4 rings (SSSR count). The number of furan rings is 1. The minimum Gasteiger partial charge on any atom is -0.456 e. The number of benzene rings is 1. The van der Waals surface area contributed by atoms with Crippen LogP contribution in [0.3, 0.4) is 0 Å². The third kappa shape index (κ3) is 3.71. The summed E-state index contributed by atoms with van der Waals surface area (Å²) in [7, 11) is 2.16. The van der Waals surface area contributed by atoms with Crippen LogP contribution in [0.5, 0.6) is 0 Å². The number of amidine groups is 1. The number of aliphatic imine (C=N–C) groups is 1. The predicted octanol–water partition coefficient (Wildman–Crippen LogP) is 1.66. The second-order valence-corrected chi connectivity index (χ2v) is 7.74. The highest BCUT2D eigenvalue weighted by molar-refractivity contribution is 8.18. The van der Waals surface area contributed by atoms with Gasteiger partial charge in [-0.25, -0.2) is 0 Å². The highest BCUT2D eigenvalue weighted by Gasteiger charge is 2.29. The maximum absolute atomic E-state index is 12.3. The minimum atomic E-state index is -0.440. The molecule has 0 unspecified atom stereocenters. The summed E-state index contributed by atoms with van der Waals surface area (Å²) < 4.78 is 5.75. The van der Waals surface area contributed by atoms with Gasteiger partial charge in [-0.15, -0.1) is 0 Å². The van der Waals surface area contributed by atoms with Gasteiger partial charge in [0.1, 0.15) is 11.5 Å². The Labute approximate surface area is 165 Å². The highest BCUT2D eigenvalue weighted by atomic mass is 32.2. The first kappa shape index (κ1) is 18.5. The number of thioether (sulfide) groups is 1. The summed E-state index contributed by atoms with van der Waals surface area (Å²) in [5.41, 5.74) is 0.379. The Balaban J connectivity index is 1.52. The van der Waals surface area contributed by atoms with Gasteiger partial charge in [-0.05, 0) is 30.0 Å². The number of nitrogens with one attached hydrogen (secondary N) is 1. The van der Waals surface area contributed by atoms with E-state index in [9.17, 15) is 14.9 Å². The third-order valence-corrected chi connectivity index (χ3v) is 5.81. The lowest BCUT2D eigenvalue weighted by atomic mass is 10.1. The molecule has 9 heteroatoms. The summed E-state index contributed by atoms with van der Waals surface area (Å²) in [6.45, 7) is 3.79. The van der Waals surface area contributed by atoms with Crippen LogP contribution in [0.25, 0.3) is 17.4 Å². The molecule has 144 valence electrons. The van der Waals surface area contributed by atoms with Crippen molar-refractivity contribution in [2.45, 2.75) is 0 Å². The van der Waals surface area contributed by atoms with Gasteiger partial charge in [0.25, 0.3) is 11.6 Å². The van der Waals surface area contributed by atoms with Crippen molar-refractivity contribution in [2.75, 3.05) is 33.2 Å². The summed E-state index contributed by atoms with van der Waals surface area (Å²) in [6.07, 6.45) is 1.64. The smallest absolute Gasteiger partial charge is 0.286 e. The molecule has 2 aliphatic heterocycles. The number of amides is 1. The van der Waals surface area contributed by atoms with Crippen LogP contribution < -0.4 is 4.90 Å². The normalized spacial score (nSPS) is 19.3. The Morgan fingerprint density at radius 1 is 1.25 bits per heavy atom. The van der Waals surface area contributed by atoms with Gasteiger partial charge in [0.15, 0.2) is 5.17 Å². The summed E-state index contributed by atoms with van der Waals surface area (Å²) in [6, 6.07) is 9.77. The molecule has 3 heterocycles. The molecule has 2 aromatic rings. The van der Waals surface area contributed by atoms with E-state index in [4.69, 9.17) is 4.42 Å². The van der Waals surface area contributed by atoms with Crippen molar-refractivity contribution in [1.29, 1.82) is 0 Å². The Hall–Kier alpha value is -2.91. The first-order valence-electron chi connectivity index (χ1n) is 8.94. The van der Waals surface area contributed by atoms with Crippen molar-refractivity contribution in [3.05, 3.63) is 57.2 Å². The summed E-state index contributed by atoms with van der Waals surface area (Å²) in [5.74, 6) is 0.566. The second kappa shape index (κ2) is 7.61. The largest absolute Gasteiger partial charge is 0.456 e. The zero-order chi connectivity index (χ0) is 19.7. The summed E-state index contributed by atoms with van der Waals surface area (Å²) in [4.78, 5) is 31.3. The fraction of sp³-hybridized carbons (Fsp3) is 0.263. The van der Waals surface area contributed by atoms with Gasteiger partial charge in [-0.2, -0.15) is 4.99 Å². The van der Waals surface area contributed by atoms with Crippen LogP contribution in [-0.4, -0.2) is 54.1 Å². The molecule has 2 aliphatic rings. The van der Waals surface area contributed by atoms with Crippen LogP contribution in [0.4, 0.5) is 5.69 Å². The molecule has 28 heavy (non-hydrogen) atoms. The Morgan fingerprint density at radius 2 is 2.00 bits per heavy atom. The van der Waals surface area contributed by atoms with Crippen LogP contribution in [0.2, 0.25) is 0 Å². The quantitative estimate of drug-likeness (QED) is 0.479. The molecular formula is C19H19N4O4S+. The molecule has 1 aromatic carbocycles. The van der Waals surface area contributed by atoms with E-state index in [1.807, 2.05) is 0 Å². The van der Waals surface area contributed by atoms with Crippen LogP contribution in [0.15, 0.2) is 50.7 Å². The number of hydrogen-bond donors (Lipinski definition) is 1. The molecule has 1 fully saturated rings. The molecule has 1 N–H and O–H groups in total. The number of likely N-dealkylation sites (N-methyl/N-ethyl adjacent to an activating group) is 1. The van der Waals surface area contributed by atoms with E-state index in [1.165, 1.54) is 22.7 Å². The molecular weight excluding hydrogens is 380 g/mol. The van der Waals surface area contributed by atoms with Crippen LogP contribution in [0, 0.1) is 10.1 Å². The van der Waals surface area contributed by atoms with E-state index < -0.39 is 4.92 Å². The monoisotopic (exact) mass is 399 g/mol. The van der Waals surface area contributed by atoms with Gasteiger partial charge in [-0.1, -0.05) is 12.1 Å². The van der Waals surface area contributed by atoms with E-state index in [1.54, 1.807) is 36.4 Å². The number of carbonyl (C=O) groups excluding carboxylic acids is 1. The Morgan fingerprint density at radius 3 is 2.75 bits per heavy atom. The van der Waals surface area contributed by atoms with Gasteiger partial charge in [0.05, 0.1) is 48.6 Å². The number of carbonyl (C=O) groups is 1. The first-order valence-corrected chi connectivity index (χ1v) is 9.75. The molecule has 0 radical (unpaired) electrons. The van der Waals surface area contributed by atoms with Gasteiger partial charge in [-0.3, -0.25) is 14.9 Å². The van der Waals surface area contributed by atoms with Gasteiger partial charge in [0, 0.05) is 12.1 Å². The molecule has 0 atom stereocenters. The molecule has 1 amide bonds. The lowest BCUT2D eigenvalue weighted by Crippen LogP contribution is -3.12. The fourth-order valence-corrected chi connectivity index (χ4v) is 4.10. The van der Waals surface area contributed by atoms with Crippen molar-refractivity contribution < 1.29 is 19.0 Å². The molecule has 1 aromatic heterocycles. The molecule has 1 saturated heterocycles. The Bertz CT molecular complexity index is 989. The predicted molar refractivity (Wildman–Crippen MR) is 107 cm³/mol. The van der Waals surface area contributed by atoms with E-state index in [2.05, 4.69) is 16.9 Å². The van der Waals surface area contributed by atoms with Crippen molar-refractivity contribution in [1.82, 2.24) is 4.90 Å². The average molecular weight is 399 g/mol. The van der Waals surface area contributed by atoms with Crippen molar-refractivity contribution >= 4 is 34.6 Å². The zero-order valence-corrected chi connectivity index (χ0v) is 16.1. The number of nitrogens with zero attached hydrogens (tertiary/aromatic N) is 3. The topological polar surface area (TPSA) is 93.4 Å². The SMILES string of the molecule is C[NH+]1CCN(C2=NC(=O)/C(=C/c3ccc(-c4ccccc4[N+](=O)[O-])o3)S2)CC1. The van der Waals surface area contributed by atoms with E-state index in [-0.39, 0.29) is 11.6 Å². The number of nitro groups is 1. The van der Waals surface area contributed by atoms with Crippen LogP contribution in [-0.2, 0) is 4.79 Å². The molecule has 0 bridgehead atoms. The van der Waals surface area contributed by atoms with Crippen LogP contribution >= 0.6 is 11.8 Å². The minimum absolute atomic E-state index is 0.0230. The average Bonchev–Trinajstić information content (AvgIpc) is 3.30. The molecule has 0 spiro atoms. The van der Waals surface area contributed by atoms with Crippen molar-refractivity contribution in [3.8, 4) is 11.3 Å². The second-order valence-electron chi connectivity index (χ2n) is 6.73. The maximum Gasteiger partial charge on any atom is 0.286 e. The zero-order valence-electron chi connectivity index (χ0n) is 15.3. The first-order chi connectivity index (χ1) is 13.5. The van der Waals surface area contributed by atoms with Crippen molar-refractivity contribution in [3.63, 3.8) is 0 Å². The summed E-state index contributed by atoms with van der Waals surface area (Å²) in [5, 5.41) is 11.9. The Kier molecular flexibility index (Phi) is 5.01. The standard InChI is InChI=1S/C19H18N4O4S/c1-21-8-10-22(11-9-21)19-20-18(24)17(28-19)12-13-6-7-16(27-13)14-4-2-3-5-15(14)23(25)26/h2-7,12H,8-11H2,1H3/p+1/b17-12-. The molecule has 0 aliphatic carbocycles. The lowest BCUT2D eigenvalue weighted by molar-refractivity contribution is -0.883. The molecule has 8 nitrogen and oxygen atoms in total. The van der Waals surface area contributed by atoms with E-state index in [0.29, 0.717) is 22.0 Å². The van der Waals surface area contributed by atoms with Crippen LogP contribution in [0.1, 0.15) is 5.76 Å². The number of quaternary nitrogens is 1. The number of rotatable bonds is 3. The van der Waals surface area contributed by atoms with Gasteiger partial charge < -0.3 is 14.2 Å².